The Morgan fingerprint density at radius 1 is 1.16 bits per heavy atom. The van der Waals surface area contributed by atoms with E-state index in [1.54, 1.807) is 13.0 Å². The average Bonchev–Trinajstić information content (AvgIpc) is 3.21. The van der Waals surface area contributed by atoms with Crippen molar-refractivity contribution < 1.29 is 13.9 Å². The Morgan fingerprint density at radius 3 is 2.61 bits per heavy atom. The number of rotatable bonds is 5. The monoisotopic (exact) mass is 425 g/mol. The van der Waals surface area contributed by atoms with Crippen molar-refractivity contribution in [2.45, 2.75) is 39.0 Å². The molecule has 4 aromatic rings. The molecule has 0 bridgehead atoms. The fourth-order valence-corrected chi connectivity index (χ4v) is 3.96. The van der Waals surface area contributed by atoms with Crippen LogP contribution in [0.25, 0.3) is 10.9 Å². The summed E-state index contributed by atoms with van der Waals surface area (Å²) in [6, 6.07) is 5.62. The number of aryl methyl sites for hydroxylation is 2. The highest BCUT2D eigenvalue weighted by Gasteiger charge is 2.41. The van der Waals surface area contributed by atoms with E-state index in [4.69, 9.17) is 0 Å². The average molecular weight is 425 g/mol. The van der Waals surface area contributed by atoms with Crippen molar-refractivity contribution in [3.05, 3.63) is 88.0 Å². The van der Waals surface area contributed by atoms with E-state index in [1.165, 1.54) is 34.3 Å². The van der Waals surface area contributed by atoms with E-state index in [0.717, 1.165) is 17.2 Å². The molecule has 2 unspecified atom stereocenters. The van der Waals surface area contributed by atoms with E-state index in [-0.39, 0.29) is 17.7 Å². The molecular formula is C22H21F2N5O2. The third-order valence-corrected chi connectivity index (χ3v) is 5.60. The maximum atomic E-state index is 14.8. The van der Waals surface area contributed by atoms with Crippen molar-refractivity contribution in [2.24, 2.45) is 0 Å². The van der Waals surface area contributed by atoms with Crippen LogP contribution in [0, 0.1) is 25.5 Å². The largest absolute Gasteiger partial charge is 0.381 e. The first kappa shape index (κ1) is 20.8. The molecule has 1 N–H and O–H groups in total. The number of hydrogen-bond donors (Lipinski definition) is 1. The number of aromatic nitrogens is 5. The Balaban J connectivity index is 1.91. The number of aliphatic hydroxyl groups is 1. The molecule has 0 saturated heterocycles. The van der Waals surface area contributed by atoms with E-state index in [2.05, 4.69) is 15.1 Å². The zero-order valence-corrected chi connectivity index (χ0v) is 17.3. The summed E-state index contributed by atoms with van der Waals surface area (Å²) < 4.78 is 30.9. The van der Waals surface area contributed by atoms with Crippen LogP contribution in [0.15, 0.2) is 54.1 Å². The van der Waals surface area contributed by atoms with Gasteiger partial charge in [0.25, 0.3) is 5.56 Å². The number of benzene rings is 2. The number of nitrogens with zero attached hydrogens (tertiary/aromatic N) is 5. The van der Waals surface area contributed by atoms with E-state index < -0.39 is 23.3 Å². The predicted molar refractivity (Wildman–Crippen MR) is 110 cm³/mol. The quantitative estimate of drug-likeness (QED) is 0.531. The van der Waals surface area contributed by atoms with Crippen LogP contribution in [0.5, 0.6) is 0 Å². The van der Waals surface area contributed by atoms with Crippen LogP contribution in [0.1, 0.15) is 29.7 Å². The first-order chi connectivity index (χ1) is 14.7. The number of hydrogen-bond acceptors (Lipinski definition) is 5. The molecule has 7 nitrogen and oxygen atoms in total. The lowest BCUT2D eigenvalue weighted by molar-refractivity contribution is -0.0343. The van der Waals surface area contributed by atoms with E-state index in [9.17, 15) is 18.7 Å². The number of halogens is 2. The Kier molecular flexibility index (Phi) is 5.14. The molecule has 160 valence electrons. The summed E-state index contributed by atoms with van der Waals surface area (Å²) in [6.45, 7) is 5.11. The second kappa shape index (κ2) is 7.66. The van der Waals surface area contributed by atoms with Crippen molar-refractivity contribution in [1.82, 2.24) is 24.3 Å². The van der Waals surface area contributed by atoms with Crippen molar-refractivity contribution in [3.8, 4) is 0 Å². The highest BCUT2D eigenvalue weighted by molar-refractivity contribution is 5.81. The molecule has 9 heteroatoms. The fourth-order valence-electron chi connectivity index (χ4n) is 3.96. The van der Waals surface area contributed by atoms with E-state index in [0.29, 0.717) is 17.0 Å². The predicted octanol–water partition coefficient (Wildman–Crippen LogP) is 3.03. The smallest absolute Gasteiger partial charge is 0.261 e. The van der Waals surface area contributed by atoms with Crippen LogP contribution in [-0.4, -0.2) is 29.4 Å². The highest BCUT2D eigenvalue weighted by atomic mass is 19.1. The minimum Gasteiger partial charge on any atom is -0.381 e. The lowest BCUT2D eigenvalue weighted by Gasteiger charge is -2.35. The lowest BCUT2D eigenvalue weighted by atomic mass is 9.86. The molecular weight excluding hydrogens is 404 g/mol. The van der Waals surface area contributed by atoms with Gasteiger partial charge in [-0.15, -0.1) is 0 Å². The Morgan fingerprint density at radius 2 is 1.94 bits per heavy atom. The van der Waals surface area contributed by atoms with Crippen molar-refractivity contribution in [1.29, 1.82) is 0 Å². The third-order valence-electron chi connectivity index (χ3n) is 5.60. The standard InChI is InChI=1S/C22H21F2N5O2/c1-13-6-14(2)20-17(7-13)21(30)29(12-26-20)15(3)22(31,9-28-11-25-10-27-28)18-5-4-16(23)8-19(18)24/h4-8,10-12,15,31H,9H2,1-3H3. The molecule has 0 saturated carbocycles. The van der Waals surface area contributed by atoms with Crippen molar-refractivity contribution in [2.75, 3.05) is 0 Å². The molecule has 2 heterocycles. The van der Waals surface area contributed by atoms with Crippen molar-refractivity contribution >= 4 is 10.9 Å². The molecule has 2 aromatic carbocycles. The summed E-state index contributed by atoms with van der Waals surface area (Å²) in [6.07, 6.45) is 3.99. The molecule has 0 aliphatic carbocycles. The summed E-state index contributed by atoms with van der Waals surface area (Å²) in [4.78, 5) is 21.6. The molecule has 0 radical (unpaired) electrons. The van der Waals surface area contributed by atoms with Crippen LogP contribution < -0.4 is 5.56 Å². The van der Waals surface area contributed by atoms with Crippen LogP contribution >= 0.6 is 0 Å². The molecule has 4 rings (SSSR count). The van der Waals surface area contributed by atoms with Gasteiger partial charge in [-0.2, -0.15) is 5.10 Å². The van der Waals surface area contributed by atoms with Gasteiger partial charge in [-0.3, -0.25) is 9.36 Å². The first-order valence-electron chi connectivity index (χ1n) is 9.69. The van der Waals surface area contributed by atoms with Gasteiger partial charge in [-0.25, -0.2) is 23.4 Å². The molecule has 0 spiro atoms. The topological polar surface area (TPSA) is 85.8 Å². The minimum absolute atomic E-state index is 0.163. The zero-order chi connectivity index (χ0) is 22.3. The molecule has 31 heavy (non-hydrogen) atoms. The first-order valence-corrected chi connectivity index (χ1v) is 9.69. The van der Waals surface area contributed by atoms with E-state index in [1.807, 2.05) is 19.9 Å². The van der Waals surface area contributed by atoms with Gasteiger partial charge in [0.1, 0.15) is 29.9 Å². The second-order valence-electron chi connectivity index (χ2n) is 7.75. The van der Waals surface area contributed by atoms with Gasteiger partial charge in [0.2, 0.25) is 0 Å². The summed E-state index contributed by atoms with van der Waals surface area (Å²) >= 11 is 0. The van der Waals surface area contributed by atoms with Crippen LogP contribution in [0.4, 0.5) is 8.78 Å². The lowest BCUT2D eigenvalue weighted by Crippen LogP contribution is -2.43. The molecule has 0 aliphatic rings. The van der Waals surface area contributed by atoms with Crippen LogP contribution in [0.3, 0.4) is 0 Å². The zero-order valence-electron chi connectivity index (χ0n) is 17.3. The fraction of sp³-hybridized carbons (Fsp3) is 0.273. The Labute approximate surface area is 176 Å². The van der Waals surface area contributed by atoms with Gasteiger partial charge < -0.3 is 5.11 Å². The van der Waals surface area contributed by atoms with Gasteiger partial charge >= 0.3 is 0 Å². The molecule has 2 atom stereocenters. The summed E-state index contributed by atoms with van der Waals surface area (Å²) in [7, 11) is 0. The Hall–Kier alpha value is -3.46. The SMILES string of the molecule is Cc1cc(C)c2ncn(C(C)C(O)(Cn3cncn3)c3ccc(F)cc3F)c(=O)c2c1. The normalized spacial score (nSPS) is 14.5. The summed E-state index contributed by atoms with van der Waals surface area (Å²) in [5.41, 5.74) is -0.171. The van der Waals surface area contributed by atoms with Gasteiger partial charge in [-0.1, -0.05) is 12.1 Å². The van der Waals surface area contributed by atoms with Crippen molar-refractivity contribution in [3.63, 3.8) is 0 Å². The Bertz CT molecular complexity index is 1320. The van der Waals surface area contributed by atoms with Crippen LogP contribution in [0.2, 0.25) is 0 Å². The summed E-state index contributed by atoms with van der Waals surface area (Å²) in [5.74, 6) is -1.70. The van der Waals surface area contributed by atoms with Crippen LogP contribution in [-0.2, 0) is 12.1 Å². The molecule has 0 aliphatic heterocycles. The maximum absolute atomic E-state index is 14.8. The van der Waals surface area contributed by atoms with Gasteiger partial charge in [-0.05, 0) is 44.0 Å². The minimum atomic E-state index is -1.95. The highest BCUT2D eigenvalue weighted by Crippen LogP contribution is 2.36. The third kappa shape index (κ3) is 3.61. The van der Waals surface area contributed by atoms with Gasteiger partial charge in [0, 0.05) is 11.6 Å². The molecule has 2 aromatic heterocycles. The maximum Gasteiger partial charge on any atom is 0.261 e. The van der Waals surface area contributed by atoms with Gasteiger partial charge in [0.05, 0.1) is 29.8 Å². The summed E-state index contributed by atoms with van der Waals surface area (Å²) in [5, 5.41) is 16.1. The molecule has 0 amide bonds. The second-order valence-corrected chi connectivity index (χ2v) is 7.75. The van der Waals surface area contributed by atoms with Gasteiger partial charge in [0.15, 0.2) is 0 Å². The van der Waals surface area contributed by atoms with E-state index >= 15 is 0 Å². The molecule has 0 fully saturated rings. The number of fused-ring (bicyclic) bond motifs is 1.